The van der Waals surface area contributed by atoms with Crippen LogP contribution in [-0.2, 0) is 0 Å². The Balaban J connectivity index is 1.83. The third kappa shape index (κ3) is 4.72. The molecule has 0 bridgehead atoms. The second kappa shape index (κ2) is 8.19. The smallest absolute Gasteiger partial charge is 0.274 e. The lowest BCUT2D eigenvalue weighted by atomic mass is 10.1. The van der Waals surface area contributed by atoms with E-state index in [-0.39, 0.29) is 17.4 Å². The third-order valence-corrected chi connectivity index (χ3v) is 4.28. The van der Waals surface area contributed by atoms with Crippen molar-refractivity contribution in [3.63, 3.8) is 0 Å². The summed E-state index contributed by atoms with van der Waals surface area (Å²) in [7, 11) is 0. The quantitative estimate of drug-likeness (QED) is 0.598. The zero-order chi connectivity index (χ0) is 20.3. The molecule has 1 heterocycles. The summed E-state index contributed by atoms with van der Waals surface area (Å²) in [6, 6.07) is 13.9. The van der Waals surface area contributed by atoms with E-state index in [1.54, 1.807) is 49.4 Å². The minimum Gasteiger partial charge on any atom is -0.340 e. The number of hydrogen-bond acceptors (Lipinski definition) is 5. The Hall–Kier alpha value is -3.25. The van der Waals surface area contributed by atoms with Gasteiger partial charge in [-0.15, -0.1) is 0 Å². The molecule has 0 saturated carbocycles. The van der Waals surface area contributed by atoms with Gasteiger partial charge in [-0.3, -0.25) is 9.59 Å². The van der Waals surface area contributed by atoms with Crippen molar-refractivity contribution in [2.45, 2.75) is 20.8 Å². The maximum atomic E-state index is 12.6. The highest BCUT2D eigenvalue weighted by Gasteiger charge is 2.13. The van der Waals surface area contributed by atoms with Gasteiger partial charge in [0.05, 0.1) is 0 Å². The first-order valence-electron chi connectivity index (χ1n) is 8.63. The number of amides is 1. The fraction of sp³-hybridized carbons (Fsp3) is 0.143. The van der Waals surface area contributed by atoms with Gasteiger partial charge in [0, 0.05) is 28.0 Å². The summed E-state index contributed by atoms with van der Waals surface area (Å²) < 4.78 is 0. The summed E-state index contributed by atoms with van der Waals surface area (Å²) in [4.78, 5) is 32.7. The van der Waals surface area contributed by atoms with E-state index >= 15 is 0 Å². The third-order valence-electron chi connectivity index (χ3n) is 4.05. The molecule has 0 fully saturated rings. The molecule has 2 aromatic carbocycles. The van der Waals surface area contributed by atoms with Crippen LogP contribution in [0, 0.1) is 13.8 Å². The first-order chi connectivity index (χ1) is 13.3. The molecule has 0 atom stereocenters. The average molecular weight is 395 g/mol. The molecule has 2 N–H and O–H groups in total. The number of halogens is 1. The first kappa shape index (κ1) is 19.5. The topological polar surface area (TPSA) is 84.0 Å². The van der Waals surface area contributed by atoms with Gasteiger partial charge in [-0.25, -0.2) is 9.97 Å². The molecule has 0 spiro atoms. The van der Waals surface area contributed by atoms with E-state index in [9.17, 15) is 9.59 Å². The molecule has 7 heteroatoms. The van der Waals surface area contributed by atoms with E-state index < -0.39 is 0 Å². The zero-order valence-corrected chi connectivity index (χ0v) is 16.5. The van der Waals surface area contributed by atoms with Crippen molar-refractivity contribution in [2.24, 2.45) is 0 Å². The molecule has 0 aliphatic carbocycles. The monoisotopic (exact) mass is 394 g/mol. The van der Waals surface area contributed by atoms with E-state index in [1.807, 2.05) is 13.0 Å². The van der Waals surface area contributed by atoms with Crippen LogP contribution in [0.15, 0.2) is 48.5 Å². The summed E-state index contributed by atoms with van der Waals surface area (Å²) in [6.07, 6.45) is 0. The van der Waals surface area contributed by atoms with Gasteiger partial charge in [-0.2, -0.15) is 0 Å². The van der Waals surface area contributed by atoms with Crippen LogP contribution in [0.5, 0.6) is 0 Å². The SMILES string of the molecule is CC(=O)c1cccc(Nc2cc(C(=O)Nc3ccc(Cl)cc3C)nc(C)n2)c1. The number of nitrogens with one attached hydrogen (secondary N) is 2. The van der Waals surface area contributed by atoms with Gasteiger partial charge in [0.2, 0.25) is 0 Å². The number of nitrogens with zero attached hydrogens (tertiary/aromatic N) is 2. The highest BCUT2D eigenvalue weighted by Crippen LogP contribution is 2.21. The average Bonchev–Trinajstić information content (AvgIpc) is 2.63. The maximum absolute atomic E-state index is 12.6. The van der Waals surface area contributed by atoms with Crippen LogP contribution in [0.3, 0.4) is 0 Å². The highest BCUT2D eigenvalue weighted by atomic mass is 35.5. The molecule has 0 saturated heterocycles. The van der Waals surface area contributed by atoms with Gasteiger partial charge < -0.3 is 10.6 Å². The lowest BCUT2D eigenvalue weighted by Crippen LogP contribution is -2.16. The number of anilines is 3. The number of aryl methyl sites for hydroxylation is 2. The van der Waals surface area contributed by atoms with Gasteiger partial charge in [0.25, 0.3) is 5.91 Å². The first-order valence-corrected chi connectivity index (χ1v) is 9.01. The summed E-state index contributed by atoms with van der Waals surface area (Å²) >= 11 is 5.96. The van der Waals surface area contributed by atoms with Crippen molar-refractivity contribution in [1.29, 1.82) is 0 Å². The zero-order valence-electron chi connectivity index (χ0n) is 15.7. The maximum Gasteiger partial charge on any atom is 0.274 e. The van der Waals surface area contributed by atoms with E-state index in [2.05, 4.69) is 20.6 Å². The van der Waals surface area contributed by atoms with Crippen molar-refractivity contribution in [2.75, 3.05) is 10.6 Å². The van der Waals surface area contributed by atoms with Gasteiger partial charge in [0.15, 0.2) is 5.78 Å². The minimum atomic E-state index is -0.351. The highest BCUT2D eigenvalue weighted by molar-refractivity contribution is 6.30. The van der Waals surface area contributed by atoms with E-state index in [1.165, 1.54) is 6.92 Å². The predicted molar refractivity (Wildman–Crippen MR) is 111 cm³/mol. The minimum absolute atomic E-state index is 0.0269. The number of benzene rings is 2. The van der Waals surface area contributed by atoms with Crippen LogP contribution in [0.4, 0.5) is 17.2 Å². The van der Waals surface area contributed by atoms with Crippen LogP contribution >= 0.6 is 11.6 Å². The molecule has 3 aromatic rings. The second-order valence-corrected chi connectivity index (χ2v) is 6.80. The summed E-state index contributed by atoms with van der Waals surface area (Å²) in [5, 5.41) is 6.56. The molecule has 3 rings (SSSR count). The molecule has 28 heavy (non-hydrogen) atoms. The fourth-order valence-electron chi connectivity index (χ4n) is 2.67. The normalized spacial score (nSPS) is 10.4. The predicted octanol–water partition coefficient (Wildman–Crippen LogP) is 4.95. The lowest BCUT2D eigenvalue weighted by Gasteiger charge is -2.11. The van der Waals surface area contributed by atoms with Crippen LogP contribution < -0.4 is 10.6 Å². The van der Waals surface area contributed by atoms with Crippen LogP contribution in [0.2, 0.25) is 5.02 Å². The lowest BCUT2D eigenvalue weighted by molar-refractivity contribution is 0.101. The molecule has 0 aliphatic rings. The Labute approximate surface area is 168 Å². The van der Waals surface area contributed by atoms with E-state index in [4.69, 9.17) is 11.6 Å². The van der Waals surface area contributed by atoms with Crippen molar-refractivity contribution >= 4 is 40.5 Å². The van der Waals surface area contributed by atoms with Gasteiger partial charge >= 0.3 is 0 Å². The Morgan fingerprint density at radius 1 is 1.00 bits per heavy atom. The Bertz CT molecular complexity index is 1070. The van der Waals surface area contributed by atoms with Gasteiger partial charge in [-0.1, -0.05) is 23.7 Å². The van der Waals surface area contributed by atoms with Crippen molar-refractivity contribution in [1.82, 2.24) is 9.97 Å². The second-order valence-electron chi connectivity index (χ2n) is 6.36. The Kier molecular flexibility index (Phi) is 5.70. The fourth-order valence-corrected chi connectivity index (χ4v) is 2.89. The molecule has 142 valence electrons. The van der Waals surface area contributed by atoms with Gasteiger partial charge in [-0.05, 0) is 56.7 Å². The van der Waals surface area contributed by atoms with E-state index in [0.717, 1.165) is 5.56 Å². The van der Waals surface area contributed by atoms with Crippen LogP contribution in [0.1, 0.15) is 39.2 Å². The number of aromatic nitrogens is 2. The molecule has 0 radical (unpaired) electrons. The molecule has 1 amide bonds. The number of carbonyl (C=O) groups is 2. The summed E-state index contributed by atoms with van der Waals surface area (Å²) in [6.45, 7) is 5.08. The van der Waals surface area contributed by atoms with E-state index in [0.29, 0.717) is 33.6 Å². The Morgan fingerprint density at radius 3 is 2.50 bits per heavy atom. The van der Waals surface area contributed by atoms with Crippen molar-refractivity contribution in [3.05, 3.63) is 76.2 Å². The largest absolute Gasteiger partial charge is 0.340 e. The van der Waals surface area contributed by atoms with Crippen LogP contribution in [0.25, 0.3) is 0 Å². The molecular formula is C21H19ClN4O2. The van der Waals surface area contributed by atoms with Crippen molar-refractivity contribution in [3.8, 4) is 0 Å². The van der Waals surface area contributed by atoms with Crippen LogP contribution in [-0.4, -0.2) is 21.7 Å². The number of Topliss-reactive ketones (excluding diaryl/α,β-unsaturated/α-hetero) is 1. The van der Waals surface area contributed by atoms with Gasteiger partial charge in [0.1, 0.15) is 17.3 Å². The number of carbonyl (C=O) groups excluding carboxylic acids is 2. The molecule has 6 nitrogen and oxygen atoms in total. The summed E-state index contributed by atoms with van der Waals surface area (Å²) in [5.74, 6) is 0.536. The molecule has 0 aliphatic heterocycles. The standard InChI is InChI=1S/C21H19ClN4O2/c1-12-9-16(22)7-8-18(12)26-21(28)19-11-20(24-14(3)23-19)25-17-6-4-5-15(10-17)13(2)27/h4-11H,1-3H3,(H,26,28)(H,23,24,25). The Morgan fingerprint density at radius 2 is 1.79 bits per heavy atom. The molecular weight excluding hydrogens is 376 g/mol. The molecule has 0 unspecified atom stereocenters. The number of rotatable bonds is 5. The summed E-state index contributed by atoms with van der Waals surface area (Å²) in [5.41, 5.74) is 3.03. The number of ketones is 1. The number of hydrogen-bond donors (Lipinski definition) is 2. The molecule has 1 aromatic heterocycles. The van der Waals surface area contributed by atoms with Crippen molar-refractivity contribution < 1.29 is 9.59 Å².